The molecule has 0 amide bonds. The first kappa shape index (κ1) is 16.3. The van der Waals surface area contributed by atoms with Gasteiger partial charge in [-0.05, 0) is 49.9 Å². The SMILES string of the molecule is NCc1ccc(OCCCN2CCCCC2CCO)cc1. The van der Waals surface area contributed by atoms with E-state index in [1.54, 1.807) is 0 Å². The minimum Gasteiger partial charge on any atom is -0.494 e. The molecule has 0 radical (unpaired) electrons. The van der Waals surface area contributed by atoms with Crippen LogP contribution in [-0.2, 0) is 6.54 Å². The first-order chi connectivity index (χ1) is 10.3. The number of aliphatic hydroxyl groups is 1. The maximum absolute atomic E-state index is 9.14. The van der Waals surface area contributed by atoms with Crippen molar-refractivity contribution in [3.63, 3.8) is 0 Å². The van der Waals surface area contributed by atoms with Crippen LogP contribution in [0.15, 0.2) is 24.3 Å². The average molecular weight is 292 g/mol. The Morgan fingerprint density at radius 1 is 1.24 bits per heavy atom. The second-order valence-corrected chi connectivity index (χ2v) is 5.75. The van der Waals surface area contributed by atoms with Crippen LogP contribution in [0.4, 0.5) is 0 Å². The number of hydrogen-bond acceptors (Lipinski definition) is 4. The Hall–Kier alpha value is -1.10. The number of hydrogen-bond donors (Lipinski definition) is 2. The van der Waals surface area contributed by atoms with Crippen LogP contribution >= 0.6 is 0 Å². The number of likely N-dealkylation sites (tertiary alicyclic amines) is 1. The highest BCUT2D eigenvalue weighted by Gasteiger charge is 2.21. The quantitative estimate of drug-likeness (QED) is 0.721. The molecule has 3 N–H and O–H groups in total. The van der Waals surface area contributed by atoms with Crippen molar-refractivity contribution in [3.8, 4) is 5.75 Å². The van der Waals surface area contributed by atoms with Gasteiger partial charge in [-0.3, -0.25) is 0 Å². The minimum absolute atomic E-state index is 0.297. The van der Waals surface area contributed by atoms with Gasteiger partial charge in [0.15, 0.2) is 0 Å². The molecule has 1 atom stereocenters. The van der Waals surface area contributed by atoms with Crippen LogP contribution in [0.5, 0.6) is 5.75 Å². The van der Waals surface area contributed by atoms with Crippen LogP contribution in [0.1, 0.15) is 37.7 Å². The van der Waals surface area contributed by atoms with Crippen LogP contribution in [0.25, 0.3) is 0 Å². The molecule has 118 valence electrons. The standard InChI is InChI=1S/C17H28N2O2/c18-14-15-5-7-17(8-6-15)21-13-3-11-19-10-2-1-4-16(19)9-12-20/h5-8,16,20H,1-4,9-14,18H2. The van der Waals surface area contributed by atoms with Gasteiger partial charge >= 0.3 is 0 Å². The second kappa shape index (κ2) is 9.03. The molecular weight excluding hydrogens is 264 g/mol. The Morgan fingerprint density at radius 2 is 2.05 bits per heavy atom. The second-order valence-electron chi connectivity index (χ2n) is 5.75. The largest absolute Gasteiger partial charge is 0.494 e. The fraction of sp³-hybridized carbons (Fsp3) is 0.647. The molecule has 0 aliphatic carbocycles. The molecule has 1 aliphatic heterocycles. The van der Waals surface area contributed by atoms with Crippen molar-refractivity contribution >= 4 is 0 Å². The summed E-state index contributed by atoms with van der Waals surface area (Å²) in [7, 11) is 0. The molecule has 0 spiro atoms. The van der Waals surface area contributed by atoms with Crippen LogP contribution in [0.3, 0.4) is 0 Å². The van der Waals surface area contributed by atoms with Crippen molar-refractivity contribution in [2.45, 2.75) is 44.7 Å². The summed E-state index contributed by atoms with van der Waals surface area (Å²) in [5.41, 5.74) is 6.70. The molecule has 4 nitrogen and oxygen atoms in total. The molecule has 1 unspecified atom stereocenters. The Labute approximate surface area is 127 Å². The van der Waals surface area contributed by atoms with Gasteiger partial charge in [0.25, 0.3) is 0 Å². The van der Waals surface area contributed by atoms with Crippen molar-refractivity contribution in [1.29, 1.82) is 0 Å². The van der Waals surface area contributed by atoms with E-state index in [0.29, 0.717) is 19.2 Å². The van der Waals surface area contributed by atoms with Gasteiger partial charge in [-0.1, -0.05) is 18.6 Å². The zero-order valence-corrected chi connectivity index (χ0v) is 12.8. The smallest absolute Gasteiger partial charge is 0.119 e. The summed E-state index contributed by atoms with van der Waals surface area (Å²) < 4.78 is 5.77. The van der Waals surface area contributed by atoms with Crippen molar-refractivity contribution in [2.24, 2.45) is 5.73 Å². The lowest BCUT2D eigenvalue weighted by Crippen LogP contribution is -2.40. The van der Waals surface area contributed by atoms with Crippen molar-refractivity contribution in [3.05, 3.63) is 29.8 Å². The monoisotopic (exact) mass is 292 g/mol. The lowest BCUT2D eigenvalue weighted by Gasteiger charge is -2.35. The molecule has 21 heavy (non-hydrogen) atoms. The van der Waals surface area contributed by atoms with E-state index >= 15 is 0 Å². The van der Waals surface area contributed by atoms with Crippen LogP contribution in [0.2, 0.25) is 0 Å². The Balaban J connectivity index is 1.68. The number of rotatable bonds is 8. The first-order valence-electron chi connectivity index (χ1n) is 8.10. The van der Waals surface area contributed by atoms with E-state index < -0.39 is 0 Å². The summed E-state index contributed by atoms with van der Waals surface area (Å²) >= 11 is 0. The van der Waals surface area contributed by atoms with Crippen LogP contribution in [-0.4, -0.2) is 42.4 Å². The molecule has 0 saturated carbocycles. The molecule has 2 rings (SSSR count). The van der Waals surface area contributed by atoms with E-state index in [2.05, 4.69) is 4.90 Å². The summed E-state index contributed by atoms with van der Waals surface area (Å²) in [4.78, 5) is 2.51. The van der Waals surface area contributed by atoms with Crippen molar-refractivity contribution < 1.29 is 9.84 Å². The van der Waals surface area contributed by atoms with E-state index in [1.165, 1.54) is 19.3 Å². The average Bonchev–Trinajstić information content (AvgIpc) is 2.54. The lowest BCUT2D eigenvalue weighted by molar-refractivity contribution is 0.112. The Bertz CT molecular complexity index is 392. The molecule has 1 aromatic carbocycles. The molecule has 0 bridgehead atoms. The van der Waals surface area contributed by atoms with E-state index in [9.17, 15) is 0 Å². The number of piperidine rings is 1. The highest BCUT2D eigenvalue weighted by atomic mass is 16.5. The third kappa shape index (κ3) is 5.30. The van der Waals surface area contributed by atoms with Gasteiger partial charge < -0.3 is 20.5 Å². The van der Waals surface area contributed by atoms with E-state index in [-0.39, 0.29) is 0 Å². The lowest BCUT2D eigenvalue weighted by atomic mass is 9.99. The molecule has 4 heteroatoms. The summed E-state index contributed by atoms with van der Waals surface area (Å²) in [5, 5.41) is 9.14. The summed E-state index contributed by atoms with van der Waals surface area (Å²) in [6.45, 7) is 3.83. The zero-order valence-electron chi connectivity index (χ0n) is 12.8. The maximum Gasteiger partial charge on any atom is 0.119 e. The van der Waals surface area contributed by atoms with E-state index in [1.807, 2.05) is 24.3 Å². The zero-order chi connectivity index (χ0) is 14.9. The van der Waals surface area contributed by atoms with Gasteiger partial charge in [-0.15, -0.1) is 0 Å². The summed E-state index contributed by atoms with van der Waals surface area (Å²) in [5.74, 6) is 0.915. The Kier molecular flexibility index (Phi) is 7.00. The van der Waals surface area contributed by atoms with Crippen molar-refractivity contribution in [1.82, 2.24) is 4.90 Å². The van der Waals surface area contributed by atoms with Gasteiger partial charge in [0.2, 0.25) is 0 Å². The van der Waals surface area contributed by atoms with Gasteiger partial charge in [-0.2, -0.15) is 0 Å². The molecule has 0 aromatic heterocycles. The molecule has 1 heterocycles. The predicted octanol–water partition coefficient (Wildman–Crippen LogP) is 2.15. The third-order valence-electron chi connectivity index (χ3n) is 4.23. The number of aliphatic hydroxyl groups excluding tert-OH is 1. The number of ether oxygens (including phenoxy) is 1. The highest BCUT2D eigenvalue weighted by molar-refractivity contribution is 5.26. The first-order valence-corrected chi connectivity index (χ1v) is 8.10. The van der Waals surface area contributed by atoms with Crippen molar-refractivity contribution in [2.75, 3.05) is 26.3 Å². The van der Waals surface area contributed by atoms with Crippen LogP contribution < -0.4 is 10.5 Å². The van der Waals surface area contributed by atoms with Gasteiger partial charge in [0.05, 0.1) is 6.61 Å². The molecule has 1 aliphatic rings. The third-order valence-corrected chi connectivity index (χ3v) is 4.23. The normalized spacial score (nSPS) is 19.6. The molecule has 1 aromatic rings. The molecular formula is C17H28N2O2. The van der Waals surface area contributed by atoms with E-state index in [0.717, 1.165) is 43.9 Å². The predicted molar refractivity (Wildman–Crippen MR) is 85.4 cm³/mol. The van der Waals surface area contributed by atoms with Gasteiger partial charge in [-0.25, -0.2) is 0 Å². The van der Waals surface area contributed by atoms with Gasteiger partial charge in [0, 0.05) is 25.7 Å². The maximum atomic E-state index is 9.14. The summed E-state index contributed by atoms with van der Waals surface area (Å²) in [6, 6.07) is 8.55. The Morgan fingerprint density at radius 3 is 2.76 bits per heavy atom. The number of nitrogens with two attached hydrogens (primary N) is 1. The fourth-order valence-electron chi connectivity index (χ4n) is 3.01. The van der Waals surface area contributed by atoms with E-state index in [4.69, 9.17) is 15.6 Å². The van der Waals surface area contributed by atoms with Crippen LogP contribution in [0, 0.1) is 0 Å². The highest BCUT2D eigenvalue weighted by Crippen LogP contribution is 2.19. The summed E-state index contributed by atoms with van der Waals surface area (Å²) in [6.07, 6.45) is 5.73. The number of nitrogens with zero attached hydrogens (tertiary/aromatic N) is 1. The van der Waals surface area contributed by atoms with Gasteiger partial charge in [0.1, 0.15) is 5.75 Å². The topological polar surface area (TPSA) is 58.7 Å². The fourth-order valence-corrected chi connectivity index (χ4v) is 3.01. The minimum atomic E-state index is 0.297. The molecule has 1 saturated heterocycles. The molecule has 1 fully saturated rings. The number of benzene rings is 1.